The number of nitrogens with two attached hydrogens (primary N) is 1. The minimum absolute atomic E-state index is 0.00464. The van der Waals surface area contributed by atoms with E-state index in [1.807, 2.05) is 30.3 Å². The Kier molecular flexibility index (Phi) is 13.7. The van der Waals surface area contributed by atoms with E-state index in [0.717, 1.165) is 37.7 Å². The molecule has 12 nitrogen and oxygen atoms in total. The van der Waals surface area contributed by atoms with Crippen LogP contribution in [0.1, 0.15) is 76.8 Å². The van der Waals surface area contributed by atoms with Crippen molar-refractivity contribution in [3.63, 3.8) is 0 Å². The van der Waals surface area contributed by atoms with E-state index in [1.54, 1.807) is 18.7 Å². The summed E-state index contributed by atoms with van der Waals surface area (Å²) in [6, 6.07) is 8.65. The predicted molar refractivity (Wildman–Crippen MR) is 157 cm³/mol. The molecule has 1 aromatic carbocycles. The number of primary amides is 1. The van der Waals surface area contributed by atoms with Gasteiger partial charge >= 0.3 is 13.7 Å². The Hall–Kier alpha value is -2.50. The molecule has 2 unspecified atom stereocenters. The molecular weight excluding hydrogens is 563 g/mol. The van der Waals surface area contributed by atoms with Crippen LogP contribution in [0, 0.1) is 5.92 Å². The van der Waals surface area contributed by atoms with E-state index >= 15 is 0 Å². The second-order valence-electron chi connectivity index (χ2n) is 10.9. The van der Waals surface area contributed by atoms with Gasteiger partial charge in [-0.05, 0) is 38.2 Å². The van der Waals surface area contributed by atoms with Crippen molar-refractivity contribution in [1.29, 1.82) is 0 Å². The molecule has 42 heavy (non-hydrogen) atoms. The molecule has 3 rings (SSSR count). The third-order valence-corrected chi connectivity index (χ3v) is 10.1. The van der Waals surface area contributed by atoms with Crippen molar-refractivity contribution in [2.24, 2.45) is 11.7 Å². The zero-order chi connectivity index (χ0) is 30.5. The minimum Gasteiger partial charge on any atom is -0.436 e. The van der Waals surface area contributed by atoms with E-state index in [9.17, 15) is 24.1 Å². The average Bonchev–Trinajstić information content (AvgIpc) is 2.99. The summed E-state index contributed by atoms with van der Waals surface area (Å²) in [5, 5.41) is 17.4. The Labute approximate surface area is 248 Å². The number of aliphatic hydroxyl groups is 1. The SMILES string of the molecule is CCOP(=O)(OCC)C(O)[C@H](CCC(=O)N1CCNC(c2ccccc2)C1)NC(=O)[C@H](CC1CCCCC1)OC(N)=O. The summed E-state index contributed by atoms with van der Waals surface area (Å²) in [7, 11) is -4.08. The molecule has 1 aliphatic heterocycles. The number of carbonyl (C=O) groups is 3. The lowest BCUT2D eigenvalue weighted by atomic mass is 9.85. The van der Waals surface area contributed by atoms with Crippen molar-refractivity contribution in [2.75, 3.05) is 32.8 Å². The number of hydrogen-bond acceptors (Lipinski definition) is 9. The fraction of sp³-hybridized carbons (Fsp3) is 0.690. The molecule has 1 heterocycles. The second kappa shape index (κ2) is 17.0. The van der Waals surface area contributed by atoms with E-state index in [-0.39, 0.29) is 50.3 Å². The number of benzene rings is 1. The third kappa shape index (κ3) is 10.1. The zero-order valence-corrected chi connectivity index (χ0v) is 25.6. The first kappa shape index (κ1) is 34.0. The summed E-state index contributed by atoms with van der Waals surface area (Å²) >= 11 is 0. The lowest BCUT2D eigenvalue weighted by Crippen LogP contribution is -2.51. The Morgan fingerprint density at radius 1 is 1.12 bits per heavy atom. The van der Waals surface area contributed by atoms with Crippen molar-refractivity contribution in [2.45, 2.75) is 89.2 Å². The standard InChI is InChI=1S/C29H47N4O8P/c1-3-39-42(38,40-4-2)28(36)23(32-27(35)25(41-29(30)37)19-21-11-7-5-8-12-21)15-16-26(34)33-18-17-31-24(20-33)22-13-9-6-10-14-22/h6,9-10,13-14,21,23-25,28,31,36H,3-5,7-8,11-12,15-20H2,1-2H3,(H2,30,37)(H,32,35)/t23-,24?,25-,28?/m0/s1. The zero-order valence-electron chi connectivity index (χ0n) is 24.7. The molecule has 0 spiro atoms. The highest BCUT2D eigenvalue weighted by atomic mass is 31.2. The first-order valence-electron chi connectivity index (χ1n) is 15.1. The largest absolute Gasteiger partial charge is 0.436 e. The lowest BCUT2D eigenvalue weighted by molar-refractivity contribution is -0.134. The smallest absolute Gasteiger partial charge is 0.405 e. The van der Waals surface area contributed by atoms with Gasteiger partial charge in [0.1, 0.15) is 0 Å². The van der Waals surface area contributed by atoms with Gasteiger partial charge in [-0.3, -0.25) is 14.2 Å². The summed E-state index contributed by atoms with van der Waals surface area (Å²) in [6.45, 7) is 4.83. The van der Waals surface area contributed by atoms with E-state index in [2.05, 4.69) is 10.6 Å². The average molecular weight is 611 g/mol. The van der Waals surface area contributed by atoms with Crippen molar-refractivity contribution in [3.05, 3.63) is 35.9 Å². The number of rotatable bonds is 15. The Balaban J connectivity index is 1.74. The van der Waals surface area contributed by atoms with Gasteiger partial charge in [-0.25, -0.2) is 4.79 Å². The van der Waals surface area contributed by atoms with Crippen LogP contribution in [0.2, 0.25) is 0 Å². The van der Waals surface area contributed by atoms with E-state index < -0.39 is 37.6 Å². The first-order valence-corrected chi connectivity index (χ1v) is 16.7. The highest BCUT2D eigenvalue weighted by molar-refractivity contribution is 7.54. The highest BCUT2D eigenvalue weighted by Gasteiger charge is 2.42. The minimum atomic E-state index is -4.08. The fourth-order valence-corrected chi connectivity index (χ4v) is 7.50. The van der Waals surface area contributed by atoms with Gasteiger partial charge in [0.25, 0.3) is 5.91 Å². The molecule has 3 amide bonds. The fourth-order valence-electron chi connectivity index (χ4n) is 5.74. The molecule has 5 N–H and O–H groups in total. The summed E-state index contributed by atoms with van der Waals surface area (Å²) < 4.78 is 29.4. The number of nitrogens with zero attached hydrogens (tertiary/aromatic N) is 1. The summed E-state index contributed by atoms with van der Waals surface area (Å²) in [6.07, 6.45) is 2.94. The van der Waals surface area contributed by atoms with Crippen LogP contribution in [0.25, 0.3) is 0 Å². The van der Waals surface area contributed by atoms with Gasteiger partial charge in [-0.15, -0.1) is 0 Å². The van der Waals surface area contributed by atoms with Crippen LogP contribution in [0.3, 0.4) is 0 Å². The number of amides is 3. The molecular formula is C29H47N4O8P. The third-order valence-electron chi connectivity index (χ3n) is 7.85. The molecule has 1 aromatic rings. The van der Waals surface area contributed by atoms with E-state index in [4.69, 9.17) is 19.5 Å². The van der Waals surface area contributed by atoms with Gasteiger partial charge in [-0.2, -0.15) is 0 Å². The summed E-state index contributed by atoms with van der Waals surface area (Å²) in [4.78, 5) is 40.1. The van der Waals surface area contributed by atoms with Crippen LogP contribution in [0.4, 0.5) is 4.79 Å². The van der Waals surface area contributed by atoms with Crippen LogP contribution in [-0.4, -0.2) is 78.8 Å². The normalized spacial score (nSPS) is 20.4. The number of aliphatic hydroxyl groups excluding tert-OH is 1. The van der Waals surface area contributed by atoms with Gasteiger partial charge in [0, 0.05) is 32.1 Å². The molecule has 0 bridgehead atoms. The number of carbonyl (C=O) groups excluding carboxylic acids is 3. The summed E-state index contributed by atoms with van der Waals surface area (Å²) in [5.41, 5.74) is 6.35. The van der Waals surface area contributed by atoms with Crippen LogP contribution < -0.4 is 16.4 Å². The molecule has 1 saturated heterocycles. The number of nitrogens with one attached hydrogen (secondary N) is 2. The highest BCUT2D eigenvalue weighted by Crippen LogP contribution is 2.53. The van der Waals surface area contributed by atoms with Crippen LogP contribution in [-0.2, 0) is 27.9 Å². The summed E-state index contributed by atoms with van der Waals surface area (Å²) in [5.74, 6) is -2.42. The van der Waals surface area contributed by atoms with E-state index in [0.29, 0.717) is 19.6 Å². The quantitative estimate of drug-likeness (QED) is 0.217. The first-order chi connectivity index (χ1) is 20.2. The molecule has 1 saturated carbocycles. The monoisotopic (exact) mass is 610 g/mol. The van der Waals surface area contributed by atoms with Crippen molar-refractivity contribution < 1.29 is 37.8 Å². The molecule has 2 aliphatic rings. The van der Waals surface area contributed by atoms with Crippen molar-refractivity contribution >= 4 is 25.5 Å². The molecule has 236 valence electrons. The van der Waals surface area contributed by atoms with Gasteiger partial charge in [0.05, 0.1) is 19.3 Å². The van der Waals surface area contributed by atoms with Gasteiger partial charge in [0.15, 0.2) is 11.9 Å². The molecule has 0 radical (unpaired) electrons. The van der Waals surface area contributed by atoms with Crippen LogP contribution in [0.15, 0.2) is 30.3 Å². The predicted octanol–water partition coefficient (Wildman–Crippen LogP) is 3.44. The number of hydrogen-bond donors (Lipinski definition) is 4. The molecule has 0 aromatic heterocycles. The Morgan fingerprint density at radius 3 is 2.40 bits per heavy atom. The number of piperazine rings is 1. The molecule has 2 fully saturated rings. The second-order valence-corrected chi connectivity index (χ2v) is 13.0. The maximum atomic E-state index is 13.5. The van der Waals surface area contributed by atoms with E-state index in [1.165, 1.54) is 0 Å². The van der Waals surface area contributed by atoms with Gasteiger partial charge < -0.3 is 40.2 Å². The van der Waals surface area contributed by atoms with Crippen LogP contribution in [0.5, 0.6) is 0 Å². The maximum Gasteiger partial charge on any atom is 0.405 e. The molecule has 1 aliphatic carbocycles. The molecule has 4 atom stereocenters. The van der Waals surface area contributed by atoms with Gasteiger partial charge in [-0.1, -0.05) is 62.4 Å². The maximum absolute atomic E-state index is 13.5. The van der Waals surface area contributed by atoms with Crippen molar-refractivity contribution in [3.8, 4) is 0 Å². The lowest BCUT2D eigenvalue weighted by Gasteiger charge is -2.35. The van der Waals surface area contributed by atoms with Crippen molar-refractivity contribution in [1.82, 2.24) is 15.5 Å². The Bertz CT molecular complexity index is 1050. The Morgan fingerprint density at radius 2 is 1.79 bits per heavy atom. The molecule has 13 heteroatoms. The van der Waals surface area contributed by atoms with Crippen LogP contribution >= 0.6 is 7.60 Å². The topological polar surface area (TPSA) is 170 Å². The number of ether oxygens (including phenoxy) is 1. The van der Waals surface area contributed by atoms with Gasteiger partial charge in [0.2, 0.25) is 5.91 Å².